The molecule has 1 saturated heterocycles. The van der Waals surface area contributed by atoms with Crippen LogP contribution in [0, 0.1) is 5.92 Å². The fourth-order valence-corrected chi connectivity index (χ4v) is 2.78. The summed E-state index contributed by atoms with van der Waals surface area (Å²) in [6.45, 7) is 2.54. The van der Waals surface area contributed by atoms with Gasteiger partial charge in [0.2, 0.25) is 0 Å². The maximum Gasteiger partial charge on any atom is 0.573 e. The molecule has 0 bridgehead atoms. The van der Waals surface area contributed by atoms with E-state index in [-0.39, 0.29) is 12.3 Å². The average Bonchev–Trinajstić information content (AvgIpc) is 2.97. The highest BCUT2D eigenvalue weighted by molar-refractivity contribution is 5.80. The first-order valence-corrected chi connectivity index (χ1v) is 7.71. The van der Waals surface area contributed by atoms with E-state index in [2.05, 4.69) is 19.9 Å². The number of likely N-dealkylation sites (tertiary alicyclic amines) is 1. The Hall–Kier alpha value is -1.96. The number of rotatable bonds is 5. The van der Waals surface area contributed by atoms with Crippen LogP contribution in [-0.4, -0.2) is 51.1 Å². The minimum absolute atomic E-state index is 0.199. The van der Waals surface area contributed by atoms with Crippen molar-refractivity contribution in [3.63, 3.8) is 0 Å². The van der Waals surface area contributed by atoms with Gasteiger partial charge in [0.15, 0.2) is 5.96 Å². The van der Waals surface area contributed by atoms with E-state index in [0.29, 0.717) is 24.0 Å². The van der Waals surface area contributed by atoms with Gasteiger partial charge in [-0.05, 0) is 12.5 Å². The Bertz CT molecular complexity index is 564. The molecule has 2 rings (SSSR count). The number of nitrogens with zero attached hydrogens (tertiary/aromatic N) is 2. The molecule has 8 heteroatoms. The summed E-state index contributed by atoms with van der Waals surface area (Å²) in [5.41, 5.74) is 0.420. The quantitative estimate of drug-likeness (QED) is 0.658. The zero-order valence-corrected chi connectivity index (χ0v) is 13.8. The normalized spacial score (nSPS) is 18.8. The highest BCUT2D eigenvalue weighted by Gasteiger charge is 2.32. The average molecular weight is 345 g/mol. The molecule has 1 heterocycles. The van der Waals surface area contributed by atoms with E-state index in [1.807, 2.05) is 0 Å². The lowest BCUT2D eigenvalue weighted by molar-refractivity contribution is -0.274. The van der Waals surface area contributed by atoms with E-state index in [9.17, 15) is 13.2 Å². The number of nitrogens with one attached hydrogen (secondary N) is 1. The Morgan fingerprint density at radius 3 is 2.79 bits per heavy atom. The second-order valence-electron chi connectivity index (χ2n) is 5.61. The Labute approximate surface area is 139 Å². The van der Waals surface area contributed by atoms with Crippen LogP contribution < -0.4 is 10.1 Å². The lowest BCUT2D eigenvalue weighted by Gasteiger charge is -2.22. The van der Waals surface area contributed by atoms with E-state index < -0.39 is 6.36 Å². The molecule has 1 aliphatic heterocycles. The van der Waals surface area contributed by atoms with Crippen molar-refractivity contribution in [1.29, 1.82) is 0 Å². The molecule has 0 amide bonds. The third kappa shape index (κ3) is 5.30. The fraction of sp³-hybridized carbons (Fsp3) is 0.562. The van der Waals surface area contributed by atoms with Gasteiger partial charge in [0, 0.05) is 45.3 Å². The second-order valence-corrected chi connectivity index (χ2v) is 5.61. The molecule has 0 aliphatic carbocycles. The molecule has 1 aromatic rings. The smallest absolute Gasteiger partial charge is 0.405 e. The molecule has 1 aliphatic rings. The van der Waals surface area contributed by atoms with Crippen LogP contribution in [0.25, 0.3) is 0 Å². The zero-order chi connectivity index (χ0) is 17.6. The Morgan fingerprint density at radius 2 is 2.12 bits per heavy atom. The van der Waals surface area contributed by atoms with Crippen molar-refractivity contribution < 1.29 is 22.6 Å². The lowest BCUT2D eigenvalue weighted by atomic mass is 10.1. The summed E-state index contributed by atoms with van der Waals surface area (Å²) in [7, 11) is 3.33. The molecule has 1 fully saturated rings. The summed E-state index contributed by atoms with van der Waals surface area (Å²) in [5, 5.41) is 3.10. The third-order valence-corrected chi connectivity index (χ3v) is 3.83. The predicted molar refractivity (Wildman–Crippen MR) is 84.9 cm³/mol. The summed E-state index contributed by atoms with van der Waals surface area (Å²) >= 11 is 0. The van der Waals surface area contributed by atoms with Crippen molar-refractivity contribution in [3.8, 4) is 5.75 Å². The van der Waals surface area contributed by atoms with E-state index >= 15 is 0 Å². The summed E-state index contributed by atoms with van der Waals surface area (Å²) in [6.07, 6.45) is -3.71. The van der Waals surface area contributed by atoms with Crippen LogP contribution in [0.2, 0.25) is 0 Å². The van der Waals surface area contributed by atoms with Gasteiger partial charge in [-0.3, -0.25) is 4.99 Å². The number of aliphatic imine (C=N–C) groups is 1. The van der Waals surface area contributed by atoms with Gasteiger partial charge in [-0.25, -0.2) is 0 Å². The van der Waals surface area contributed by atoms with Crippen LogP contribution in [0.3, 0.4) is 0 Å². The molecule has 1 atom stereocenters. The Kier molecular flexibility index (Phi) is 6.30. The van der Waals surface area contributed by atoms with Crippen molar-refractivity contribution in [1.82, 2.24) is 10.2 Å². The number of alkyl halides is 3. The third-order valence-electron chi connectivity index (χ3n) is 3.83. The molecule has 24 heavy (non-hydrogen) atoms. The van der Waals surface area contributed by atoms with Gasteiger partial charge in [0.1, 0.15) is 5.75 Å². The fourth-order valence-electron chi connectivity index (χ4n) is 2.78. The van der Waals surface area contributed by atoms with Gasteiger partial charge < -0.3 is 19.7 Å². The van der Waals surface area contributed by atoms with Crippen molar-refractivity contribution in [3.05, 3.63) is 29.8 Å². The monoisotopic (exact) mass is 345 g/mol. The van der Waals surface area contributed by atoms with Crippen LogP contribution in [-0.2, 0) is 11.3 Å². The van der Waals surface area contributed by atoms with Gasteiger partial charge in [-0.1, -0.05) is 18.2 Å². The number of hydrogen-bond acceptors (Lipinski definition) is 3. The Morgan fingerprint density at radius 1 is 1.38 bits per heavy atom. The standard InChI is InChI=1S/C16H22F3N3O2/c1-20-15(22-8-7-12(10-22)11-23-2)21-9-13-5-3-4-6-14(13)24-16(17,18)19/h3-6,12H,7-11H2,1-2H3,(H,20,21). The van der Waals surface area contributed by atoms with Gasteiger partial charge in [-0.2, -0.15) is 0 Å². The number of guanidine groups is 1. The molecule has 134 valence electrons. The second kappa shape index (κ2) is 8.23. The van der Waals surface area contributed by atoms with Crippen LogP contribution in [0.4, 0.5) is 13.2 Å². The Balaban J connectivity index is 1.97. The van der Waals surface area contributed by atoms with E-state index in [1.165, 1.54) is 12.1 Å². The van der Waals surface area contributed by atoms with Crippen LogP contribution in [0.5, 0.6) is 5.75 Å². The van der Waals surface area contributed by atoms with Gasteiger partial charge in [0.25, 0.3) is 0 Å². The van der Waals surface area contributed by atoms with Crippen molar-refractivity contribution in [2.75, 3.05) is 33.9 Å². The summed E-state index contributed by atoms with van der Waals surface area (Å²) in [6, 6.07) is 6.08. The maximum atomic E-state index is 12.5. The van der Waals surface area contributed by atoms with Crippen molar-refractivity contribution >= 4 is 5.96 Å². The summed E-state index contributed by atoms with van der Waals surface area (Å²) in [4.78, 5) is 6.29. The molecule has 0 radical (unpaired) electrons. The van der Waals surface area contributed by atoms with E-state index in [0.717, 1.165) is 19.5 Å². The SMILES string of the molecule is CN=C(NCc1ccccc1OC(F)(F)F)N1CCC(COC)C1. The van der Waals surface area contributed by atoms with Gasteiger partial charge in [0.05, 0.1) is 6.61 Å². The largest absolute Gasteiger partial charge is 0.573 e. The molecular weight excluding hydrogens is 323 g/mol. The summed E-state index contributed by atoms with van der Waals surface area (Å²) in [5.74, 6) is 0.899. The molecule has 0 aromatic heterocycles. The first-order chi connectivity index (χ1) is 11.4. The van der Waals surface area contributed by atoms with Gasteiger partial charge in [-0.15, -0.1) is 13.2 Å². The highest BCUT2D eigenvalue weighted by Crippen LogP contribution is 2.26. The van der Waals surface area contributed by atoms with Crippen LogP contribution in [0.1, 0.15) is 12.0 Å². The molecule has 1 N–H and O–H groups in total. The first kappa shape index (κ1) is 18.4. The maximum absolute atomic E-state index is 12.5. The number of methoxy groups -OCH3 is 1. The first-order valence-electron chi connectivity index (χ1n) is 7.71. The van der Waals surface area contributed by atoms with E-state index in [4.69, 9.17) is 4.74 Å². The molecule has 1 aromatic carbocycles. The molecule has 1 unspecified atom stereocenters. The highest BCUT2D eigenvalue weighted by atomic mass is 19.4. The van der Waals surface area contributed by atoms with Crippen molar-refractivity contribution in [2.45, 2.75) is 19.3 Å². The van der Waals surface area contributed by atoms with E-state index in [1.54, 1.807) is 26.3 Å². The molecule has 0 saturated carbocycles. The van der Waals surface area contributed by atoms with Crippen molar-refractivity contribution in [2.24, 2.45) is 10.9 Å². The predicted octanol–water partition coefficient (Wildman–Crippen LogP) is 2.63. The number of benzene rings is 1. The zero-order valence-electron chi connectivity index (χ0n) is 13.8. The number of hydrogen-bond donors (Lipinski definition) is 1. The minimum Gasteiger partial charge on any atom is -0.405 e. The molecule has 5 nitrogen and oxygen atoms in total. The number of ether oxygens (including phenoxy) is 2. The summed E-state index contributed by atoms with van der Waals surface area (Å²) < 4.78 is 46.6. The lowest BCUT2D eigenvalue weighted by Crippen LogP contribution is -2.40. The number of halogens is 3. The molecular formula is C16H22F3N3O2. The number of para-hydroxylation sites is 1. The van der Waals surface area contributed by atoms with Crippen LogP contribution >= 0.6 is 0 Å². The minimum atomic E-state index is -4.71. The van der Waals surface area contributed by atoms with Gasteiger partial charge >= 0.3 is 6.36 Å². The molecule has 0 spiro atoms. The van der Waals surface area contributed by atoms with Crippen LogP contribution in [0.15, 0.2) is 29.3 Å². The topological polar surface area (TPSA) is 46.1 Å².